The summed E-state index contributed by atoms with van der Waals surface area (Å²) in [7, 11) is 0. The summed E-state index contributed by atoms with van der Waals surface area (Å²) >= 11 is 3.34. The van der Waals surface area contributed by atoms with E-state index in [-0.39, 0.29) is 5.91 Å². The number of carbonyl (C=O) groups excluding carboxylic acids is 1. The van der Waals surface area contributed by atoms with Gasteiger partial charge in [0.05, 0.1) is 12.8 Å². The highest BCUT2D eigenvalue weighted by Gasteiger charge is 2.03. The Morgan fingerprint density at radius 2 is 1.73 bits per heavy atom. The van der Waals surface area contributed by atoms with Gasteiger partial charge in [0.25, 0.3) is 5.91 Å². The molecule has 0 aromatic heterocycles. The maximum atomic E-state index is 12.0. The summed E-state index contributed by atoms with van der Waals surface area (Å²) < 4.78 is 6.66. The molecule has 4 nitrogen and oxygen atoms in total. The van der Waals surface area contributed by atoms with E-state index >= 15 is 0 Å². The van der Waals surface area contributed by atoms with Crippen molar-refractivity contribution in [1.29, 1.82) is 0 Å². The van der Waals surface area contributed by atoms with Gasteiger partial charge in [-0.05, 0) is 60.5 Å². The van der Waals surface area contributed by atoms with Crippen molar-refractivity contribution in [1.82, 2.24) is 5.43 Å². The fourth-order valence-electron chi connectivity index (χ4n) is 2.38. The lowest BCUT2D eigenvalue weighted by atomic mass is 10.2. The van der Waals surface area contributed by atoms with Crippen LogP contribution < -0.4 is 10.2 Å². The summed E-state index contributed by atoms with van der Waals surface area (Å²) in [4.78, 5) is 12.0. The normalized spacial score (nSPS) is 10.8. The molecule has 0 saturated carbocycles. The van der Waals surface area contributed by atoms with Crippen molar-refractivity contribution in [2.75, 3.05) is 6.61 Å². The van der Waals surface area contributed by atoms with Gasteiger partial charge in [0.1, 0.15) is 5.75 Å². The van der Waals surface area contributed by atoms with Gasteiger partial charge in [-0.3, -0.25) is 4.79 Å². The second-order valence-electron chi connectivity index (χ2n) is 6.04. The first-order valence-corrected chi connectivity index (χ1v) is 9.80. The number of hydrogen-bond acceptors (Lipinski definition) is 3. The maximum absolute atomic E-state index is 12.0. The van der Waals surface area contributed by atoms with Gasteiger partial charge in [-0.15, -0.1) is 0 Å². The molecule has 0 fully saturated rings. The first-order valence-electron chi connectivity index (χ1n) is 9.01. The zero-order valence-corrected chi connectivity index (χ0v) is 16.7. The van der Waals surface area contributed by atoms with Crippen molar-refractivity contribution in [2.45, 2.75) is 39.0 Å². The average Bonchev–Trinajstić information content (AvgIpc) is 2.66. The van der Waals surface area contributed by atoms with E-state index in [1.54, 1.807) is 18.3 Å². The molecule has 5 heteroatoms. The van der Waals surface area contributed by atoms with Crippen LogP contribution in [0, 0.1) is 0 Å². The SMILES string of the molecule is CCCCCCCOc1ccc(/C=N\NC(=O)c2ccc(Br)cc2)cc1. The van der Waals surface area contributed by atoms with Gasteiger partial charge in [0.2, 0.25) is 0 Å². The summed E-state index contributed by atoms with van der Waals surface area (Å²) in [5.74, 6) is 0.619. The Bertz CT molecular complexity index is 697. The fraction of sp³-hybridized carbons (Fsp3) is 0.333. The smallest absolute Gasteiger partial charge is 0.271 e. The van der Waals surface area contributed by atoms with E-state index in [2.05, 4.69) is 33.4 Å². The van der Waals surface area contributed by atoms with E-state index in [0.29, 0.717) is 5.56 Å². The van der Waals surface area contributed by atoms with Gasteiger partial charge in [-0.2, -0.15) is 5.10 Å². The molecule has 0 atom stereocenters. The summed E-state index contributed by atoms with van der Waals surface area (Å²) in [6.07, 6.45) is 7.76. The molecular weight excluding hydrogens is 392 g/mol. The second kappa shape index (κ2) is 11.5. The van der Waals surface area contributed by atoms with E-state index in [1.165, 1.54) is 25.7 Å². The quantitative estimate of drug-likeness (QED) is 0.313. The Morgan fingerprint density at radius 1 is 1.04 bits per heavy atom. The van der Waals surface area contributed by atoms with Gasteiger partial charge in [-0.25, -0.2) is 5.43 Å². The molecule has 0 aliphatic rings. The third-order valence-corrected chi connectivity index (χ3v) is 4.41. The van der Waals surface area contributed by atoms with Crippen LogP contribution in [-0.2, 0) is 0 Å². The molecule has 0 bridgehead atoms. The van der Waals surface area contributed by atoms with Crippen molar-refractivity contribution in [3.05, 3.63) is 64.1 Å². The Hall–Kier alpha value is -2.14. The first-order chi connectivity index (χ1) is 12.7. The highest BCUT2D eigenvalue weighted by atomic mass is 79.9. The molecule has 0 unspecified atom stereocenters. The third kappa shape index (κ3) is 7.40. The molecule has 0 spiro atoms. The molecule has 0 aliphatic carbocycles. The summed E-state index contributed by atoms with van der Waals surface area (Å²) in [6.45, 7) is 2.97. The minimum atomic E-state index is -0.239. The van der Waals surface area contributed by atoms with Gasteiger partial charge in [0, 0.05) is 10.0 Å². The number of nitrogens with zero attached hydrogens (tertiary/aromatic N) is 1. The van der Waals surface area contributed by atoms with Crippen LogP contribution >= 0.6 is 15.9 Å². The van der Waals surface area contributed by atoms with Crippen LogP contribution in [0.3, 0.4) is 0 Å². The fourth-order valence-corrected chi connectivity index (χ4v) is 2.64. The van der Waals surface area contributed by atoms with E-state index in [1.807, 2.05) is 36.4 Å². The molecule has 0 radical (unpaired) electrons. The zero-order valence-electron chi connectivity index (χ0n) is 15.1. The number of halogens is 1. The van der Waals surface area contributed by atoms with Crippen LogP contribution in [0.4, 0.5) is 0 Å². The predicted octanol–water partition coefficient (Wildman–Crippen LogP) is 5.56. The number of ether oxygens (including phenoxy) is 1. The van der Waals surface area contributed by atoms with Gasteiger partial charge in [-0.1, -0.05) is 48.5 Å². The van der Waals surface area contributed by atoms with Crippen LogP contribution in [0.25, 0.3) is 0 Å². The Morgan fingerprint density at radius 3 is 2.42 bits per heavy atom. The lowest BCUT2D eigenvalue weighted by molar-refractivity contribution is 0.0955. The van der Waals surface area contributed by atoms with E-state index in [0.717, 1.165) is 28.8 Å². The third-order valence-electron chi connectivity index (χ3n) is 3.88. The number of rotatable bonds is 10. The van der Waals surface area contributed by atoms with Crippen molar-refractivity contribution in [3.63, 3.8) is 0 Å². The molecule has 2 aromatic rings. The minimum absolute atomic E-state index is 0.239. The first kappa shape index (κ1) is 20.2. The highest BCUT2D eigenvalue weighted by Crippen LogP contribution is 2.13. The van der Waals surface area contributed by atoms with Crippen molar-refractivity contribution >= 4 is 28.1 Å². The molecule has 1 N–H and O–H groups in total. The topological polar surface area (TPSA) is 50.7 Å². The van der Waals surface area contributed by atoms with Gasteiger partial charge in [0.15, 0.2) is 0 Å². The Kier molecular flexibility index (Phi) is 8.90. The number of hydrogen-bond donors (Lipinski definition) is 1. The van der Waals surface area contributed by atoms with E-state index in [9.17, 15) is 4.79 Å². The van der Waals surface area contributed by atoms with Crippen LogP contribution in [0.5, 0.6) is 5.75 Å². The number of unbranched alkanes of at least 4 members (excludes halogenated alkanes) is 4. The van der Waals surface area contributed by atoms with Crippen LogP contribution in [0.1, 0.15) is 54.9 Å². The van der Waals surface area contributed by atoms with Crippen LogP contribution in [0.2, 0.25) is 0 Å². The maximum Gasteiger partial charge on any atom is 0.271 e. The Balaban J connectivity index is 1.73. The van der Waals surface area contributed by atoms with Crippen molar-refractivity contribution in [2.24, 2.45) is 5.10 Å². The Labute approximate surface area is 163 Å². The number of carbonyl (C=O) groups is 1. The molecule has 138 valence electrons. The highest BCUT2D eigenvalue weighted by molar-refractivity contribution is 9.10. The molecule has 1 amide bonds. The van der Waals surface area contributed by atoms with Gasteiger partial charge >= 0.3 is 0 Å². The lowest BCUT2D eigenvalue weighted by Gasteiger charge is -2.06. The van der Waals surface area contributed by atoms with Crippen LogP contribution in [-0.4, -0.2) is 18.7 Å². The zero-order chi connectivity index (χ0) is 18.6. The molecule has 0 saturated heterocycles. The van der Waals surface area contributed by atoms with Crippen LogP contribution in [0.15, 0.2) is 58.1 Å². The monoisotopic (exact) mass is 416 g/mol. The summed E-state index contributed by atoms with van der Waals surface area (Å²) in [5, 5.41) is 4.00. The molecule has 2 aromatic carbocycles. The van der Waals surface area contributed by atoms with E-state index in [4.69, 9.17) is 4.74 Å². The largest absolute Gasteiger partial charge is 0.494 e. The second-order valence-corrected chi connectivity index (χ2v) is 6.95. The lowest BCUT2D eigenvalue weighted by Crippen LogP contribution is -2.17. The predicted molar refractivity (Wildman–Crippen MR) is 110 cm³/mol. The molecule has 0 aliphatic heterocycles. The number of nitrogens with one attached hydrogen (secondary N) is 1. The average molecular weight is 417 g/mol. The van der Waals surface area contributed by atoms with Crippen molar-refractivity contribution < 1.29 is 9.53 Å². The standard InChI is InChI=1S/C21H25BrN2O2/c1-2-3-4-5-6-15-26-20-13-7-17(8-14-20)16-23-24-21(25)18-9-11-19(22)12-10-18/h7-14,16H,2-6,15H2,1H3,(H,24,25)/b23-16-. The van der Waals surface area contributed by atoms with E-state index < -0.39 is 0 Å². The molecule has 26 heavy (non-hydrogen) atoms. The number of hydrazone groups is 1. The number of amides is 1. The van der Waals surface area contributed by atoms with Crippen molar-refractivity contribution in [3.8, 4) is 5.75 Å². The molecular formula is C21H25BrN2O2. The number of benzene rings is 2. The minimum Gasteiger partial charge on any atom is -0.494 e. The summed E-state index contributed by atoms with van der Waals surface area (Å²) in [6, 6.07) is 14.8. The summed E-state index contributed by atoms with van der Waals surface area (Å²) in [5.41, 5.74) is 3.99. The molecule has 0 heterocycles. The van der Waals surface area contributed by atoms with Gasteiger partial charge < -0.3 is 4.74 Å². The molecule has 2 rings (SSSR count).